The van der Waals surface area contributed by atoms with Crippen molar-refractivity contribution in [3.05, 3.63) is 29.8 Å². The summed E-state index contributed by atoms with van der Waals surface area (Å²) in [5, 5.41) is 20.7. The molecule has 3 amide bonds. The molecule has 1 aromatic rings. The van der Waals surface area contributed by atoms with Gasteiger partial charge in [-0.15, -0.1) is 0 Å². The van der Waals surface area contributed by atoms with Crippen LogP contribution in [-0.4, -0.2) is 41.8 Å². The number of aliphatic hydroxyl groups is 1. The smallest absolute Gasteiger partial charge is 0.319 e. The molecule has 1 saturated heterocycles. The van der Waals surface area contributed by atoms with Gasteiger partial charge in [0, 0.05) is 24.8 Å². The van der Waals surface area contributed by atoms with E-state index in [0.717, 1.165) is 5.56 Å². The Bertz CT molecular complexity index is 545. The first-order chi connectivity index (χ1) is 10.9. The van der Waals surface area contributed by atoms with Crippen LogP contribution in [0.1, 0.15) is 25.8 Å². The average Bonchev–Trinajstić information content (AvgIpc) is 2.92. The molecule has 0 saturated carbocycles. The summed E-state index contributed by atoms with van der Waals surface area (Å²) >= 11 is 0. The summed E-state index contributed by atoms with van der Waals surface area (Å²) in [6.45, 7) is 4.65. The summed E-state index contributed by atoms with van der Waals surface area (Å²) in [5.74, 6) is -0.111. The van der Waals surface area contributed by atoms with Crippen LogP contribution in [0, 0.1) is 0 Å². The maximum Gasteiger partial charge on any atom is 0.319 e. The molecule has 0 spiro atoms. The normalized spacial score (nSPS) is 20.3. The Hall–Kier alpha value is -2.12. The number of amides is 3. The van der Waals surface area contributed by atoms with Gasteiger partial charge in [0.1, 0.15) is 0 Å². The minimum atomic E-state index is -0.451. The minimum absolute atomic E-state index is 0.0761. The van der Waals surface area contributed by atoms with E-state index < -0.39 is 6.10 Å². The fourth-order valence-corrected chi connectivity index (χ4v) is 2.36. The van der Waals surface area contributed by atoms with E-state index in [4.69, 9.17) is 0 Å². The predicted molar refractivity (Wildman–Crippen MR) is 88.0 cm³/mol. The van der Waals surface area contributed by atoms with Crippen LogP contribution in [0.15, 0.2) is 24.3 Å². The van der Waals surface area contributed by atoms with E-state index in [-0.39, 0.29) is 24.0 Å². The second-order valence-corrected chi connectivity index (χ2v) is 6.02. The molecule has 2 rings (SSSR count). The number of rotatable bonds is 5. The molecule has 1 aliphatic heterocycles. The van der Waals surface area contributed by atoms with Crippen molar-refractivity contribution in [2.45, 2.75) is 45.0 Å². The molecular weight excluding hydrogens is 296 g/mol. The second-order valence-electron chi connectivity index (χ2n) is 6.02. The van der Waals surface area contributed by atoms with Crippen molar-refractivity contribution in [1.29, 1.82) is 0 Å². The molecule has 7 heteroatoms. The monoisotopic (exact) mass is 320 g/mol. The van der Waals surface area contributed by atoms with Gasteiger partial charge in [0.25, 0.3) is 0 Å². The van der Waals surface area contributed by atoms with Gasteiger partial charge < -0.3 is 26.4 Å². The molecule has 23 heavy (non-hydrogen) atoms. The zero-order chi connectivity index (χ0) is 16.8. The number of hydrogen-bond donors (Lipinski definition) is 5. The van der Waals surface area contributed by atoms with E-state index in [1.54, 1.807) is 12.1 Å². The van der Waals surface area contributed by atoms with Gasteiger partial charge in [-0.1, -0.05) is 12.1 Å². The first-order valence-electron chi connectivity index (χ1n) is 7.79. The van der Waals surface area contributed by atoms with Crippen LogP contribution in [0.5, 0.6) is 0 Å². The summed E-state index contributed by atoms with van der Waals surface area (Å²) in [6, 6.07) is 6.78. The number of aliphatic hydroxyl groups excluding tert-OH is 1. The Morgan fingerprint density at radius 3 is 2.57 bits per heavy atom. The van der Waals surface area contributed by atoms with Crippen LogP contribution in [0.4, 0.5) is 10.5 Å². The largest absolute Gasteiger partial charge is 0.392 e. The molecule has 0 bridgehead atoms. The fraction of sp³-hybridized carbons (Fsp3) is 0.500. The molecule has 7 nitrogen and oxygen atoms in total. The van der Waals surface area contributed by atoms with Crippen LogP contribution in [0.2, 0.25) is 0 Å². The Balaban J connectivity index is 1.78. The Kier molecular flexibility index (Phi) is 5.95. The number of hydrogen-bond acceptors (Lipinski definition) is 4. The number of carbonyl (C=O) groups is 2. The van der Waals surface area contributed by atoms with Crippen LogP contribution in [0.25, 0.3) is 0 Å². The van der Waals surface area contributed by atoms with Crippen molar-refractivity contribution >= 4 is 17.6 Å². The third-order valence-corrected chi connectivity index (χ3v) is 3.52. The molecule has 2 atom stereocenters. The Morgan fingerprint density at radius 2 is 2.00 bits per heavy atom. The highest BCUT2D eigenvalue weighted by Crippen LogP contribution is 2.10. The molecular formula is C16H24N4O3. The summed E-state index contributed by atoms with van der Waals surface area (Å²) in [7, 11) is 0. The predicted octanol–water partition coefficient (Wildman–Crippen LogP) is 0.556. The third-order valence-electron chi connectivity index (χ3n) is 3.52. The summed E-state index contributed by atoms with van der Waals surface area (Å²) < 4.78 is 0. The molecule has 1 aliphatic rings. The Labute approximate surface area is 135 Å². The molecule has 0 aromatic heterocycles. The standard InChI is InChI=1S/C16H24N4O3/c1-10(2)19-16(23)20-12-5-3-11(4-6-12)8-18-15(22)14-7-13(21)9-17-14/h3-6,10,13-14,17,21H,7-9H2,1-2H3,(H,18,22)(H2,19,20,23). The Morgan fingerprint density at radius 1 is 1.30 bits per heavy atom. The molecule has 0 radical (unpaired) electrons. The molecule has 2 unspecified atom stereocenters. The summed E-state index contributed by atoms with van der Waals surface area (Å²) in [4.78, 5) is 23.5. The topological polar surface area (TPSA) is 102 Å². The quantitative estimate of drug-likeness (QED) is 0.547. The molecule has 1 fully saturated rings. The maximum absolute atomic E-state index is 11.9. The number of carbonyl (C=O) groups excluding carboxylic acids is 2. The van der Waals surface area contributed by atoms with Crippen LogP contribution >= 0.6 is 0 Å². The van der Waals surface area contributed by atoms with E-state index in [9.17, 15) is 14.7 Å². The summed E-state index contributed by atoms with van der Waals surface area (Å²) in [5.41, 5.74) is 1.63. The minimum Gasteiger partial charge on any atom is -0.392 e. The van der Waals surface area contributed by atoms with Gasteiger partial charge in [0.15, 0.2) is 0 Å². The van der Waals surface area contributed by atoms with E-state index >= 15 is 0 Å². The number of benzene rings is 1. The molecule has 126 valence electrons. The van der Waals surface area contributed by atoms with E-state index in [0.29, 0.717) is 25.2 Å². The van der Waals surface area contributed by atoms with Crippen molar-refractivity contribution in [3.63, 3.8) is 0 Å². The van der Waals surface area contributed by atoms with Crippen molar-refractivity contribution in [2.24, 2.45) is 0 Å². The van der Waals surface area contributed by atoms with Crippen molar-refractivity contribution in [2.75, 3.05) is 11.9 Å². The molecule has 5 N–H and O–H groups in total. The van der Waals surface area contributed by atoms with Gasteiger partial charge in [0.05, 0.1) is 12.1 Å². The number of urea groups is 1. The zero-order valence-corrected chi connectivity index (χ0v) is 13.4. The lowest BCUT2D eigenvalue weighted by molar-refractivity contribution is -0.123. The van der Waals surface area contributed by atoms with E-state index in [1.807, 2.05) is 26.0 Å². The van der Waals surface area contributed by atoms with E-state index in [1.165, 1.54) is 0 Å². The van der Waals surface area contributed by atoms with Crippen LogP contribution in [0.3, 0.4) is 0 Å². The van der Waals surface area contributed by atoms with Crippen LogP contribution < -0.4 is 21.3 Å². The van der Waals surface area contributed by atoms with Crippen molar-refractivity contribution in [1.82, 2.24) is 16.0 Å². The summed E-state index contributed by atoms with van der Waals surface area (Å²) in [6.07, 6.45) is -0.00674. The van der Waals surface area contributed by atoms with Crippen LogP contribution in [-0.2, 0) is 11.3 Å². The van der Waals surface area contributed by atoms with Gasteiger partial charge in [-0.2, -0.15) is 0 Å². The van der Waals surface area contributed by atoms with Gasteiger partial charge in [0.2, 0.25) is 5.91 Å². The number of β-amino-alcohol motifs (C(OH)–C–C–N with tert-alkyl or cyclic N) is 1. The lowest BCUT2D eigenvalue weighted by Gasteiger charge is -2.12. The first-order valence-corrected chi connectivity index (χ1v) is 7.79. The molecule has 1 heterocycles. The maximum atomic E-state index is 11.9. The highest BCUT2D eigenvalue weighted by molar-refractivity contribution is 5.89. The lowest BCUT2D eigenvalue weighted by Crippen LogP contribution is -2.40. The number of anilines is 1. The van der Waals surface area contributed by atoms with Gasteiger partial charge in [-0.05, 0) is 38.0 Å². The van der Waals surface area contributed by atoms with Gasteiger partial charge in [-0.25, -0.2) is 4.79 Å². The van der Waals surface area contributed by atoms with Gasteiger partial charge in [-0.3, -0.25) is 4.79 Å². The van der Waals surface area contributed by atoms with Gasteiger partial charge >= 0.3 is 6.03 Å². The average molecular weight is 320 g/mol. The van der Waals surface area contributed by atoms with Crippen molar-refractivity contribution < 1.29 is 14.7 Å². The van der Waals surface area contributed by atoms with Crippen molar-refractivity contribution in [3.8, 4) is 0 Å². The van der Waals surface area contributed by atoms with E-state index in [2.05, 4.69) is 21.3 Å². The molecule has 0 aliphatic carbocycles. The molecule has 1 aromatic carbocycles. The highest BCUT2D eigenvalue weighted by Gasteiger charge is 2.27. The fourth-order valence-electron chi connectivity index (χ4n) is 2.36. The number of nitrogens with one attached hydrogen (secondary N) is 4. The second kappa shape index (κ2) is 7.94. The third kappa shape index (κ3) is 5.54. The first kappa shape index (κ1) is 17.2. The zero-order valence-electron chi connectivity index (χ0n) is 13.4. The highest BCUT2D eigenvalue weighted by atomic mass is 16.3. The SMILES string of the molecule is CC(C)NC(=O)Nc1ccc(CNC(=O)C2CC(O)CN2)cc1. The lowest BCUT2D eigenvalue weighted by atomic mass is 10.1.